The summed E-state index contributed by atoms with van der Waals surface area (Å²) in [6.45, 7) is 11.0. The highest BCUT2D eigenvalue weighted by Gasteiger charge is 2.41. The van der Waals surface area contributed by atoms with Crippen molar-refractivity contribution in [3.05, 3.63) is 43.0 Å². The summed E-state index contributed by atoms with van der Waals surface area (Å²) in [5, 5.41) is 3.37. The Morgan fingerprint density at radius 3 is 2.33 bits per heavy atom. The minimum Gasteiger partial charge on any atom is -0.431 e. The van der Waals surface area contributed by atoms with Gasteiger partial charge in [0.15, 0.2) is 0 Å². The molecule has 0 bridgehead atoms. The first-order chi connectivity index (χ1) is 16.6. The molecule has 3 atom stereocenters. The van der Waals surface area contributed by atoms with Crippen molar-refractivity contribution in [2.45, 2.75) is 91.1 Å². The zero-order chi connectivity index (χ0) is 27.3. The summed E-state index contributed by atoms with van der Waals surface area (Å²) < 4.78 is 29.0. The van der Waals surface area contributed by atoms with E-state index in [9.17, 15) is 19.2 Å². The van der Waals surface area contributed by atoms with Gasteiger partial charge in [-0.25, -0.2) is 14.4 Å². The Bertz CT molecular complexity index is 1120. The molecular formula is C22H33N5O9. The van der Waals surface area contributed by atoms with Gasteiger partial charge in [0.1, 0.15) is 36.2 Å². The number of hydrogen-bond acceptors (Lipinski definition) is 10. The zero-order valence-electron chi connectivity index (χ0n) is 21.5. The number of carbonyl (C=O) groups excluding carboxylic acids is 2. The standard InChI is InChI=1S/C22H33N5O9/c1-13-11-27(18(29)26(17(13)28)9-8-24-25-23)16-10-14(34-20(31)36-22(5,6)7)15(33-16)12-32-19(30)35-21(2,3)4/h11,14-16H,8-10,12H2,1-7H3/t14-,15+,16?/m0/s1. The van der Waals surface area contributed by atoms with Gasteiger partial charge in [-0.1, -0.05) is 5.11 Å². The Hall–Kier alpha value is -3.51. The van der Waals surface area contributed by atoms with Crippen LogP contribution in [0.5, 0.6) is 0 Å². The van der Waals surface area contributed by atoms with Crippen LogP contribution in [0.2, 0.25) is 0 Å². The molecule has 0 N–H and O–H groups in total. The van der Waals surface area contributed by atoms with E-state index in [2.05, 4.69) is 10.0 Å². The molecule has 2 rings (SSSR count). The van der Waals surface area contributed by atoms with Gasteiger partial charge < -0.3 is 23.7 Å². The molecule has 1 aliphatic rings. The quantitative estimate of drug-likeness (QED) is 0.230. The monoisotopic (exact) mass is 511 g/mol. The molecule has 14 heteroatoms. The fraction of sp³-hybridized carbons (Fsp3) is 0.727. The van der Waals surface area contributed by atoms with E-state index in [1.165, 1.54) is 17.7 Å². The van der Waals surface area contributed by atoms with Gasteiger partial charge in [0.2, 0.25) is 0 Å². The molecule has 1 saturated heterocycles. The van der Waals surface area contributed by atoms with Crippen LogP contribution in [0.4, 0.5) is 9.59 Å². The molecule has 0 saturated carbocycles. The third-order valence-electron chi connectivity index (χ3n) is 4.74. The second-order valence-electron chi connectivity index (χ2n) is 10.2. The average Bonchev–Trinajstić information content (AvgIpc) is 3.11. The van der Waals surface area contributed by atoms with Gasteiger partial charge >= 0.3 is 18.0 Å². The molecule has 1 aromatic heterocycles. The molecule has 0 spiro atoms. The van der Waals surface area contributed by atoms with Crippen molar-refractivity contribution < 1.29 is 33.3 Å². The molecule has 1 unspecified atom stereocenters. The minimum atomic E-state index is -0.957. The fourth-order valence-electron chi connectivity index (χ4n) is 3.32. The van der Waals surface area contributed by atoms with Crippen molar-refractivity contribution in [3.63, 3.8) is 0 Å². The average molecular weight is 512 g/mol. The summed E-state index contributed by atoms with van der Waals surface area (Å²) in [4.78, 5) is 52.5. The van der Waals surface area contributed by atoms with Gasteiger partial charge in [0.25, 0.3) is 5.56 Å². The lowest BCUT2D eigenvalue weighted by atomic mass is 10.2. The highest BCUT2D eigenvalue weighted by atomic mass is 16.8. The van der Waals surface area contributed by atoms with E-state index in [-0.39, 0.29) is 31.7 Å². The largest absolute Gasteiger partial charge is 0.509 e. The van der Waals surface area contributed by atoms with Crippen LogP contribution >= 0.6 is 0 Å². The summed E-state index contributed by atoms with van der Waals surface area (Å²) in [5.74, 6) is 0. The highest BCUT2D eigenvalue weighted by Crippen LogP contribution is 2.31. The van der Waals surface area contributed by atoms with Crippen molar-refractivity contribution in [1.82, 2.24) is 9.13 Å². The van der Waals surface area contributed by atoms with E-state index >= 15 is 0 Å². The Balaban J connectivity index is 2.30. The lowest BCUT2D eigenvalue weighted by Gasteiger charge is -2.23. The van der Waals surface area contributed by atoms with Crippen LogP contribution < -0.4 is 11.2 Å². The van der Waals surface area contributed by atoms with Gasteiger partial charge in [-0.2, -0.15) is 0 Å². The van der Waals surface area contributed by atoms with Crippen LogP contribution in [-0.2, 0) is 30.2 Å². The number of rotatable bonds is 7. The number of azide groups is 1. The Labute approximate surface area is 207 Å². The molecule has 0 radical (unpaired) electrons. The molecule has 0 amide bonds. The third kappa shape index (κ3) is 8.31. The second-order valence-corrected chi connectivity index (χ2v) is 10.2. The molecule has 200 valence electrons. The number of ether oxygens (including phenoxy) is 5. The predicted octanol–water partition coefficient (Wildman–Crippen LogP) is 3.19. The molecule has 36 heavy (non-hydrogen) atoms. The van der Waals surface area contributed by atoms with Crippen LogP contribution in [0.25, 0.3) is 10.4 Å². The van der Waals surface area contributed by atoms with Crippen molar-refractivity contribution >= 4 is 12.3 Å². The highest BCUT2D eigenvalue weighted by molar-refractivity contribution is 5.61. The van der Waals surface area contributed by atoms with E-state index < -0.39 is 53.2 Å². The van der Waals surface area contributed by atoms with E-state index in [0.717, 1.165) is 4.57 Å². The lowest BCUT2D eigenvalue weighted by molar-refractivity contribution is -0.0824. The predicted molar refractivity (Wildman–Crippen MR) is 126 cm³/mol. The van der Waals surface area contributed by atoms with E-state index in [1.807, 2.05) is 0 Å². The third-order valence-corrected chi connectivity index (χ3v) is 4.74. The SMILES string of the molecule is Cc1cn(C2C[C@H](OC(=O)OC(C)(C)C)[C@@H](COC(=O)OC(C)(C)C)O2)c(=O)n(CCN=[N+]=[N-])c1=O. The molecule has 0 aromatic carbocycles. The maximum absolute atomic E-state index is 13.0. The maximum atomic E-state index is 13.0. The van der Waals surface area contributed by atoms with Gasteiger partial charge in [-0.05, 0) is 54.0 Å². The Kier molecular flexibility index (Phi) is 9.16. The number of hydrogen-bond donors (Lipinski definition) is 0. The fourth-order valence-corrected chi connectivity index (χ4v) is 3.32. The van der Waals surface area contributed by atoms with Gasteiger partial charge in [-0.3, -0.25) is 13.9 Å². The topological polar surface area (TPSA) is 173 Å². The molecule has 1 aromatic rings. The smallest absolute Gasteiger partial charge is 0.431 e. The maximum Gasteiger partial charge on any atom is 0.509 e. The normalized spacial score (nSPS) is 19.8. The minimum absolute atomic E-state index is 0.00941. The zero-order valence-corrected chi connectivity index (χ0v) is 21.5. The van der Waals surface area contributed by atoms with E-state index in [4.69, 9.17) is 29.2 Å². The van der Waals surface area contributed by atoms with Gasteiger partial charge in [0.05, 0.1) is 0 Å². The van der Waals surface area contributed by atoms with Crippen LogP contribution in [-0.4, -0.2) is 58.0 Å². The van der Waals surface area contributed by atoms with Crippen molar-refractivity contribution in [2.24, 2.45) is 5.11 Å². The first kappa shape index (κ1) is 28.7. The van der Waals surface area contributed by atoms with Crippen molar-refractivity contribution in [2.75, 3.05) is 13.2 Å². The molecule has 1 fully saturated rings. The van der Waals surface area contributed by atoms with Crippen molar-refractivity contribution in [1.29, 1.82) is 0 Å². The lowest BCUT2D eigenvalue weighted by Crippen LogP contribution is -2.42. The summed E-state index contributed by atoms with van der Waals surface area (Å²) in [7, 11) is 0. The number of carbonyl (C=O) groups is 2. The summed E-state index contributed by atoms with van der Waals surface area (Å²) >= 11 is 0. The van der Waals surface area contributed by atoms with Gasteiger partial charge in [0, 0.05) is 36.2 Å². The Morgan fingerprint density at radius 2 is 1.75 bits per heavy atom. The van der Waals surface area contributed by atoms with E-state index in [0.29, 0.717) is 0 Å². The van der Waals surface area contributed by atoms with E-state index in [1.54, 1.807) is 41.5 Å². The molecular weight excluding hydrogens is 478 g/mol. The van der Waals surface area contributed by atoms with Crippen LogP contribution in [0.1, 0.15) is 59.8 Å². The Morgan fingerprint density at radius 1 is 1.14 bits per heavy atom. The number of nitrogens with zero attached hydrogens (tertiary/aromatic N) is 5. The number of aryl methyl sites for hydroxylation is 1. The summed E-state index contributed by atoms with van der Waals surface area (Å²) in [5.41, 5.74) is 5.91. The van der Waals surface area contributed by atoms with Crippen molar-refractivity contribution in [3.8, 4) is 0 Å². The van der Waals surface area contributed by atoms with Crippen LogP contribution in [0.15, 0.2) is 20.9 Å². The molecule has 2 heterocycles. The molecule has 14 nitrogen and oxygen atoms in total. The van der Waals surface area contributed by atoms with Crippen LogP contribution in [0, 0.1) is 6.92 Å². The summed E-state index contributed by atoms with van der Waals surface area (Å²) in [6.07, 6.45) is -3.40. The van der Waals surface area contributed by atoms with Crippen LogP contribution in [0.3, 0.4) is 0 Å². The summed E-state index contributed by atoms with van der Waals surface area (Å²) in [6, 6.07) is 0. The number of aromatic nitrogens is 2. The second kappa shape index (κ2) is 11.5. The first-order valence-corrected chi connectivity index (χ1v) is 11.4. The first-order valence-electron chi connectivity index (χ1n) is 11.4. The van der Waals surface area contributed by atoms with Gasteiger partial charge in [-0.15, -0.1) is 0 Å². The molecule has 1 aliphatic heterocycles. The molecule has 0 aliphatic carbocycles.